The van der Waals surface area contributed by atoms with Crippen LogP contribution in [0.3, 0.4) is 0 Å². The van der Waals surface area contributed by atoms with E-state index in [-0.39, 0.29) is 12.0 Å². The lowest BCUT2D eigenvalue weighted by Crippen LogP contribution is -2.41. The van der Waals surface area contributed by atoms with E-state index in [1.165, 1.54) is 12.8 Å². The Morgan fingerprint density at radius 3 is 2.48 bits per heavy atom. The minimum absolute atomic E-state index is 0.106. The Balaban J connectivity index is 1.34. The molecule has 1 aliphatic carbocycles. The van der Waals surface area contributed by atoms with Crippen LogP contribution in [0.1, 0.15) is 47.7 Å². The minimum Gasteiger partial charge on any atom is -0.490 e. The molecule has 5 heteroatoms. The van der Waals surface area contributed by atoms with Gasteiger partial charge in [-0.3, -0.25) is 9.78 Å². The normalized spacial score (nSPS) is 18.2. The van der Waals surface area contributed by atoms with Crippen LogP contribution in [0.2, 0.25) is 5.02 Å². The number of benzene rings is 1. The van der Waals surface area contributed by atoms with Crippen LogP contribution in [-0.2, 0) is 0 Å². The number of halogens is 1. The highest BCUT2D eigenvalue weighted by atomic mass is 35.5. The molecule has 25 heavy (non-hydrogen) atoms. The minimum atomic E-state index is 0.106. The number of amides is 1. The zero-order chi connectivity index (χ0) is 17.2. The largest absolute Gasteiger partial charge is 0.490 e. The van der Waals surface area contributed by atoms with Crippen molar-refractivity contribution in [2.24, 2.45) is 0 Å². The van der Waals surface area contributed by atoms with Gasteiger partial charge in [0.05, 0.1) is 0 Å². The Hall–Kier alpha value is -2.07. The van der Waals surface area contributed by atoms with Crippen molar-refractivity contribution in [3.05, 3.63) is 58.9 Å². The predicted molar refractivity (Wildman–Crippen MR) is 97.2 cm³/mol. The molecule has 1 amide bonds. The summed E-state index contributed by atoms with van der Waals surface area (Å²) in [5, 5.41) is 0.704. The van der Waals surface area contributed by atoms with Crippen LogP contribution in [0, 0.1) is 0 Å². The molecular weight excluding hydrogens is 336 g/mol. The maximum absolute atomic E-state index is 12.7. The molecule has 2 fully saturated rings. The summed E-state index contributed by atoms with van der Waals surface area (Å²) in [6.45, 7) is 1.44. The molecule has 1 aromatic carbocycles. The molecule has 2 aliphatic rings. The molecule has 0 radical (unpaired) electrons. The van der Waals surface area contributed by atoms with Crippen molar-refractivity contribution in [2.75, 3.05) is 13.1 Å². The number of pyridine rings is 1. The summed E-state index contributed by atoms with van der Waals surface area (Å²) in [7, 11) is 0. The van der Waals surface area contributed by atoms with Gasteiger partial charge in [0.1, 0.15) is 11.9 Å². The highest BCUT2D eigenvalue weighted by Crippen LogP contribution is 2.39. The average Bonchev–Trinajstić information content (AvgIpc) is 3.49. The van der Waals surface area contributed by atoms with Crippen LogP contribution in [-0.4, -0.2) is 35.0 Å². The van der Waals surface area contributed by atoms with Gasteiger partial charge in [-0.25, -0.2) is 0 Å². The lowest BCUT2D eigenvalue weighted by molar-refractivity contribution is 0.0595. The molecular formula is C20H21ClN2O2. The number of carbonyl (C=O) groups is 1. The number of likely N-dealkylation sites (tertiary alicyclic amines) is 1. The number of rotatable bonds is 4. The van der Waals surface area contributed by atoms with E-state index < -0.39 is 0 Å². The Morgan fingerprint density at radius 1 is 1.08 bits per heavy atom. The monoisotopic (exact) mass is 356 g/mol. The lowest BCUT2D eigenvalue weighted by atomic mass is 10.1. The molecule has 130 valence electrons. The Morgan fingerprint density at radius 2 is 1.80 bits per heavy atom. The zero-order valence-corrected chi connectivity index (χ0v) is 14.8. The zero-order valence-electron chi connectivity index (χ0n) is 14.0. The molecule has 1 aromatic heterocycles. The van der Waals surface area contributed by atoms with E-state index in [9.17, 15) is 4.79 Å². The number of nitrogens with zero attached hydrogens (tertiary/aromatic N) is 2. The molecule has 1 aliphatic heterocycles. The van der Waals surface area contributed by atoms with Gasteiger partial charge >= 0.3 is 0 Å². The smallest absolute Gasteiger partial charge is 0.253 e. The van der Waals surface area contributed by atoms with Gasteiger partial charge in [-0.2, -0.15) is 0 Å². The fraction of sp³-hybridized carbons (Fsp3) is 0.400. The van der Waals surface area contributed by atoms with Gasteiger partial charge in [-0.1, -0.05) is 11.6 Å². The number of carbonyl (C=O) groups excluding carboxylic acids is 1. The highest BCUT2D eigenvalue weighted by Gasteiger charge is 2.28. The van der Waals surface area contributed by atoms with Crippen molar-refractivity contribution in [3.63, 3.8) is 0 Å². The van der Waals surface area contributed by atoms with E-state index in [0.717, 1.165) is 42.9 Å². The molecule has 2 aromatic rings. The number of ether oxygens (including phenoxy) is 1. The van der Waals surface area contributed by atoms with Gasteiger partial charge in [0.2, 0.25) is 0 Å². The summed E-state index contributed by atoms with van der Waals surface area (Å²) < 4.78 is 6.00. The highest BCUT2D eigenvalue weighted by molar-refractivity contribution is 6.30. The fourth-order valence-corrected chi connectivity index (χ4v) is 3.37. The number of hydrogen-bond acceptors (Lipinski definition) is 3. The Bertz CT molecular complexity index is 751. The van der Waals surface area contributed by atoms with E-state index in [1.807, 2.05) is 41.3 Å². The molecule has 4 rings (SSSR count). The van der Waals surface area contributed by atoms with Gasteiger partial charge in [0, 0.05) is 54.3 Å². The van der Waals surface area contributed by atoms with Crippen LogP contribution < -0.4 is 4.74 Å². The third-order valence-electron chi connectivity index (χ3n) is 4.87. The van der Waals surface area contributed by atoms with E-state index in [0.29, 0.717) is 10.9 Å². The molecule has 0 N–H and O–H groups in total. The summed E-state index contributed by atoms with van der Waals surface area (Å²) in [5.41, 5.74) is 1.82. The molecule has 0 atom stereocenters. The molecule has 1 saturated carbocycles. The quantitative estimate of drug-likeness (QED) is 0.820. The summed E-state index contributed by atoms with van der Waals surface area (Å²) in [6, 6.07) is 11.2. The van der Waals surface area contributed by atoms with Crippen molar-refractivity contribution >= 4 is 17.5 Å². The summed E-state index contributed by atoms with van der Waals surface area (Å²) in [5.74, 6) is 1.50. The van der Waals surface area contributed by atoms with Gasteiger partial charge in [-0.05, 0) is 49.2 Å². The molecule has 1 saturated heterocycles. The second kappa shape index (κ2) is 7.04. The maximum atomic E-state index is 12.7. The van der Waals surface area contributed by atoms with Crippen molar-refractivity contribution < 1.29 is 9.53 Å². The van der Waals surface area contributed by atoms with Crippen molar-refractivity contribution in [1.82, 2.24) is 9.88 Å². The van der Waals surface area contributed by atoms with Gasteiger partial charge < -0.3 is 9.64 Å². The van der Waals surface area contributed by atoms with Gasteiger partial charge in [0.25, 0.3) is 5.91 Å². The fourth-order valence-electron chi connectivity index (χ4n) is 3.25. The van der Waals surface area contributed by atoms with E-state index in [1.54, 1.807) is 6.20 Å². The van der Waals surface area contributed by atoms with Crippen LogP contribution in [0.15, 0.2) is 42.6 Å². The predicted octanol–water partition coefficient (Wildman–Crippen LogP) is 4.30. The van der Waals surface area contributed by atoms with E-state index >= 15 is 0 Å². The maximum Gasteiger partial charge on any atom is 0.253 e. The Kier molecular flexibility index (Phi) is 4.62. The first-order valence-electron chi connectivity index (χ1n) is 8.86. The Labute approximate surface area is 152 Å². The average molecular weight is 357 g/mol. The molecule has 2 heterocycles. The molecule has 4 nitrogen and oxygen atoms in total. The summed E-state index contributed by atoms with van der Waals surface area (Å²) in [6.07, 6.45) is 5.97. The topological polar surface area (TPSA) is 42.4 Å². The third-order valence-corrected chi connectivity index (χ3v) is 5.12. The SMILES string of the molecule is O=C(c1ccnc(C2CC2)c1)N1CCC(Oc2ccc(Cl)cc2)CC1. The number of piperidine rings is 1. The first kappa shape index (κ1) is 16.4. The first-order chi connectivity index (χ1) is 12.2. The number of hydrogen-bond donors (Lipinski definition) is 0. The van der Waals surface area contributed by atoms with Crippen LogP contribution in [0.5, 0.6) is 5.75 Å². The lowest BCUT2D eigenvalue weighted by Gasteiger charge is -2.32. The van der Waals surface area contributed by atoms with Crippen LogP contribution >= 0.6 is 11.6 Å². The van der Waals surface area contributed by atoms with Crippen molar-refractivity contribution in [3.8, 4) is 5.75 Å². The number of aromatic nitrogens is 1. The molecule has 0 spiro atoms. The van der Waals surface area contributed by atoms with Gasteiger partial charge in [0.15, 0.2) is 0 Å². The summed E-state index contributed by atoms with van der Waals surface area (Å²) in [4.78, 5) is 19.1. The first-order valence-corrected chi connectivity index (χ1v) is 9.24. The van der Waals surface area contributed by atoms with Crippen LogP contribution in [0.25, 0.3) is 0 Å². The second-order valence-corrected chi connectivity index (χ2v) is 7.24. The van der Waals surface area contributed by atoms with E-state index in [2.05, 4.69) is 4.98 Å². The van der Waals surface area contributed by atoms with Crippen molar-refractivity contribution in [1.29, 1.82) is 0 Å². The standard InChI is InChI=1S/C20H21ClN2O2/c21-16-3-5-17(6-4-16)25-18-8-11-23(12-9-18)20(24)15-7-10-22-19(13-15)14-1-2-14/h3-7,10,13-14,18H,1-2,8-9,11-12H2. The van der Waals surface area contributed by atoms with E-state index in [4.69, 9.17) is 16.3 Å². The molecule has 0 unspecified atom stereocenters. The van der Waals surface area contributed by atoms with Crippen LogP contribution in [0.4, 0.5) is 0 Å². The second-order valence-electron chi connectivity index (χ2n) is 6.81. The van der Waals surface area contributed by atoms with Crippen molar-refractivity contribution in [2.45, 2.75) is 37.7 Å². The van der Waals surface area contributed by atoms with Gasteiger partial charge in [-0.15, -0.1) is 0 Å². The third kappa shape index (κ3) is 3.96. The summed E-state index contributed by atoms with van der Waals surface area (Å²) >= 11 is 5.90. The molecule has 0 bridgehead atoms.